The van der Waals surface area contributed by atoms with E-state index in [2.05, 4.69) is 28.5 Å². The van der Waals surface area contributed by atoms with Crippen molar-refractivity contribution in [2.75, 3.05) is 11.9 Å². The van der Waals surface area contributed by atoms with Gasteiger partial charge in [0.05, 0.1) is 0 Å². The highest BCUT2D eigenvalue weighted by atomic mass is 35.5. The first-order valence-electron chi connectivity index (χ1n) is 5.95. The van der Waals surface area contributed by atoms with Crippen molar-refractivity contribution >= 4 is 28.3 Å². The van der Waals surface area contributed by atoms with Gasteiger partial charge in [0.25, 0.3) is 0 Å². The summed E-state index contributed by atoms with van der Waals surface area (Å²) in [5, 5.41) is 4.92. The Morgan fingerprint density at radius 1 is 1.33 bits per heavy atom. The topological polar surface area (TPSA) is 37.8 Å². The Bertz CT molecular complexity index is 510. The van der Waals surface area contributed by atoms with E-state index in [1.165, 1.54) is 11.5 Å². The Kier molecular flexibility index (Phi) is 4.55. The summed E-state index contributed by atoms with van der Waals surface area (Å²) < 4.78 is 4.34. The molecule has 0 radical (unpaired) electrons. The molecular formula is C13H16ClN3S. The molecule has 1 aromatic heterocycles. The minimum absolute atomic E-state index is 0.598. The molecule has 2 rings (SSSR count). The van der Waals surface area contributed by atoms with Crippen LogP contribution >= 0.6 is 23.1 Å². The summed E-state index contributed by atoms with van der Waals surface area (Å²) >= 11 is 7.52. The van der Waals surface area contributed by atoms with E-state index >= 15 is 0 Å². The van der Waals surface area contributed by atoms with E-state index in [-0.39, 0.29) is 0 Å². The van der Waals surface area contributed by atoms with Crippen LogP contribution in [0.3, 0.4) is 0 Å². The standard InChI is InChI=1S/C13H16ClN3S/c1-9(2)8-15-13-16-12(17-18-13)7-10-5-3-4-6-11(10)14/h3-6,9H,7-8H2,1-2H3,(H,15,16,17). The average molecular weight is 282 g/mol. The second-order valence-electron chi connectivity index (χ2n) is 4.56. The minimum Gasteiger partial charge on any atom is -0.360 e. The molecule has 1 aromatic carbocycles. The van der Waals surface area contributed by atoms with Crippen LogP contribution in [-0.2, 0) is 6.42 Å². The quantitative estimate of drug-likeness (QED) is 0.904. The average Bonchev–Trinajstić information content (AvgIpc) is 2.77. The van der Waals surface area contributed by atoms with E-state index in [1.807, 2.05) is 24.3 Å². The SMILES string of the molecule is CC(C)CNc1nc(Cc2ccccc2Cl)ns1. The van der Waals surface area contributed by atoms with Crippen LogP contribution in [0, 0.1) is 5.92 Å². The first-order valence-corrected chi connectivity index (χ1v) is 7.10. The highest BCUT2D eigenvalue weighted by Gasteiger charge is 2.07. The second kappa shape index (κ2) is 6.16. The van der Waals surface area contributed by atoms with Crippen molar-refractivity contribution in [3.05, 3.63) is 40.7 Å². The van der Waals surface area contributed by atoms with Gasteiger partial charge in [-0.2, -0.15) is 4.37 Å². The molecule has 0 saturated carbocycles. The predicted octanol–water partition coefficient (Wildman–Crippen LogP) is 3.85. The normalized spacial score (nSPS) is 10.9. The summed E-state index contributed by atoms with van der Waals surface area (Å²) in [5.74, 6) is 1.42. The van der Waals surface area contributed by atoms with Gasteiger partial charge in [0.2, 0.25) is 5.13 Å². The van der Waals surface area contributed by atoms with Crippen molar-refractivity contribution in [2.45, 2.75) is 20.3 Å². The molecule has 1 N–H and O–H groups in total. The molecule has 2 aromatic rings. The number of rotatable bonds is 5. The van der Waals surface area contributed by atoms with Gasteiger partial charge in [-0.25, -0.2) is 4.98 Å². The van der Waals surface area contributed by atoms with E-state index in [0.717, 1.165) is 28.1 Å². The number of nitrogens with zero attached hydrogens (tertiary/aromatic N) is 2. The molecule has 0 aliphatic heterocycles. The zero-order valence-electron chi connectivity index (χ0n) is 10.5. The molecule has 18 heavy (non-hydrogen) atoms. The summed E-state index contributed by atoms with van der Waals surface area (Å²) in [5.41, 5.74) is 1.06. The van der Waals surface area contributed by atoms with Crippen molar-refractivity contribution in [1.29, 1.82) is 0 Å². The summed E-state index contributed by atoms with van der Waals surface area (Å²) in [7, 11) is 0. The van der Waals surface area contributed by atoms with Crippen LogP contribution in [0.1, 0.15) is 25.2 Å². The maximum absolute atomic E-state index is 6.12. The predicted molar refractivity (Wildman–Crippen MR) is 77.5 cm³/mol. The summed E-state index contributed by atoms with van der Waals surface area (Å²) in [6, 6.07) is 7.80. The number of anilines is 1. The number of benzene rings is 1. The van der Waals surface area contributed by atoms with Gasteiger partial charge in [-0.1, -0.05) is 43.6 Å². The molecule has 0 aliphatic carbocycles. The third-order valence-corrected chi connectivity index (χ3v) is 3.52. The van der Waals surface area contributed by atoms with Crippen LogP contribution in [0.25, 0.3) is 0 Å². The van der Waals surface area contributed by atoms with E-state index in [9.17, 15) is 0 Å². The fourth-order valence-corrected chi connectivity index (χ4v) is 2.29. The molecular weight excluding hydrogens is 266 g/mol. The lowest BCUT2D eigenvalue weighted by molar-refractivity contribution is 0.688. The van der Waals surface area contributed by atoms with E-state index in [1.54, 1.807) is 0 Å². The maximum Gasteiger partial charge on any atom is 0.202 e. The fourth-order valence-electron chi connectivity index (χ4n) is 1.50. The van der Waals surface area contributed by atoms with Gasteiger partial charge in [-0.05, 0) is 17.5 Å². The first-order chi connectivity index (χ1) is 8.65. The van der Waals surface area contributed by atoms with Crippen LogP contribution < -0.4 is 5.32 Å². The molecule has 0 fully saturated rings. The molecule has 0 atom stereocenters. The van der Waals surface area contributed by atoms with Crippen molar-refractivity contribution < 1.29 is 0 Å². The molecule has 3 nitrogen and oxygen atoms in total. The van der Waals surface area contributed by atoms with Gasteiger partial charge in [0, 0.05) is 29.5 Å². The minimum atomic E-state index is 0.598. The molecule has 0 aliphatic rings. The number of halogens is 1. The second-order valence-corrected chi connectivity index (χ2v) is 5.72. The van der Waals surface area contributed by atoms with Crippen molar-refractivity contribution in [3.8, 4) is 0 Å². The van der Waals surface area contributed by atoms with Crippen LogP contribution in [0.2, 0.25) is 5.02 Å². The Morgan fingerprint density at radius 3 is 2.83 bits per heavy atom. The van der Waals surface area contributed by atoms with E-state index < -0.39 is 0 Å². The summed E-state index contributed by atoms with van der Waals surface area (Å²) in [6.07, 6.45) is 0.680. The number of aromatic nitrogens is 2. The Labute approximate surface area is 116 Å². The molecule has 0 amide bonds. The number of hydrogen-bond donors (Lipinski definition) is 1. The van der Waals surface area contributed by atoms with Gasteiger partial charge in [0.1, 0.15) is 5.82 Å². The van der Waals surface area contributed by atoms with Crippen molar-refractivity contribution in [3.63, 3.8) is 0 Å². The molecule has 0 bridgehead atoms. The summed E-state index contributed by atoms with van der Waals surface area (Å²) in [6.45, 7) is 5.25. The molecule has 1 heterocycles. The monoisotopic (exact) mass is 281 g/mol. The maximum atomic E-state index is 6.12. The van der Waals surface area contributed by atoms with Crippen LogP contribution in [0.15, 0.2) is 24.3 Å². The van der Waals surface area contributed by atoms with Crippen LogP contribution in [0.5, 0.6) is 0 Å². The Morgan fingerprint density at radius 2 is 2.11 bits per heavy atom. The van der Waals surface area contributed by atoms with Crippen molar-refractivity contribution in [2.24, 2.45) is 5.92 Å². The molecule has 0 saturated heterocycles. The van der Waals surface area contributed by atoms with E-state index in [0.29, 0.717) is 12.3 Å². The molecule has 0 unspecified atom stereocenters. The van der Waals surface area contributed by atoms with Gasteiger partial charge >= 0.3 is 0 Å². The van der Waals surface area contributed by atoms with Gasteiger partial charge in [-0.15, -0.1) is 0 Å². The third kappa shape index (κ3) is 3.68. The Hall–Kier alpha value is -1.13. The summed E-state index contributed by atoms with van der Waals surface area (Å²) in [4.78, 5) is 4.46. The molecule has 96 valence electrons. The molecule has 0 spiro atoms. The highest BCUT2D eigenvalue weighted by Crippen LogP contribution is 2.19. The zero-order valence-corrected chi connectivity index (χ0v) is 12.1. The Balaban J connectivity index is 2.00. The number of hydrogen-bond acceptors (Lipinski definition) is 4. The fraction of sp³-hybridized carbons (Fsp3) is 0.385. The smallest absolute Gasteiger partial charge is 0.202 e. The van der Waals surface area contributed by atoms with Crippen LogP contribution in [-0.4, -0.2) is 15.9 Å². The lowest BCUT2D eigenvalue weighted by Gasteiger charge is -2.03. The highest BCUT2D eigenvalue weighted by molar-refractivity contribution is 7.09. The van der Waals surface area contributed by atoms with Crippen molar-refractivity contribution in [1.82, 2.24) is 9.36 Å². The first kappa shape index (κ1) is 13.3. The van der Waals surface area contributed by atoms with Gasteiger partial charge in [0.15, 0.2) is 0 Å². The van der Waals surface area contributed by atoms with Gasteiger partial charge in [-0.3, -0.25) is 0 Å². The lowest BCUT2D eigenvalue weighted by atomic mass is 10.1. The van der Waals surface area contributed by atoms with Gasteiger partial charge < -0.3 is 5.32 Å². The van der Waals surface area contributed by atoms with E-state index in [4.69, 9.17) is 11.6 Å². The largest absolute Gasteiger partial charge is 0.360 e. The lowest BCUT2D eigenvalue weighted by Crippen LogP contribution is -2.07. The zero-order chi connectivity index (χ0) is 13.0. The number of nitrogens with one attached hydrogen (secondary N) is 1. The van der Waals surface area contributed by atoms with Crippen LogP contribution in [0.4, 0.5) is 5.13 Å². The third-order valence-electron chi connectivity index (χ3n) is 2.44. The molecule has 5 heteroatoms.